The minimum Gasteiger partial charge on any atom is -0.394 e. The van der Waals surface area contributed by atoms with E-state index in [4.69, 9.17) is 21.1 Å². The van der Waals surface area contributed by atoms with Gasteiger partial charge in [-0.05, 0) is 31.4 Å². The molecular weight excluding hydrogens is 392 g/mol. The Kier molecular flexibility index (Phi) is 5.65. The van der Waals surface area contributed by atoms with Crippen LogP contribution >= 0.6 is 11.6 Å². The molecule has 4 rings (SSSR count). The van der Waals surface area contributed by atoms with Crippen LogP contribution in [0.25, 0.3) is 11.2 Å². The zero-order valence-corrected chi connectivity index (χ0v) is 16.0. The first kappa shape index (κ1) is 19.7. The van der Waals surface area contributed by atoms with Gasteiger partial charge in [-0.1, -0.05) is 0 Å². The van der Waals surface area contributed by atoms with Crippen LogP contribution < -0.4 is 5.43 Å². The van der Waals surface area contributed by atoms with Gasteiger partial charge in [0, 0.05) is 13.2 Å². The lowest BCUT2D eigenvalue weighted by Crippen LogP contribution is -2.37. The molecule has 0 radical (unpaired) electrons. The maximum atomic E-state index is 10.3. The molecule has 2 aliphatic rings. The van der Waals surface area contributed by atoms with Gasteiger partial charge in [-0.3, -0.25) is 9.99 Å². The van der Waals surface area contributed by atoms with Crippen molar-refractivity contribution in [2.45, 2.75) is 50.5 Å². The molecule has 2 aromatic heterocycles. The SMILES string of the molecule is CCOC1CCCN1Nc1nc(Cl)nc2c1ncn2[C@@H]1O[C@H](CO)C(O)C1O. The van der Waals surface area contributed by atoms with Gasteiger partial charge in [0.1, 0.15) is 24.5 Å². The summed E-state index contributed by atoms with van der Waals surface area (Å²) in [5, 5.41) is 31.6. The minimum absolute atomic E-state index is 0.00403. The van der Waals surface area contributed by atoms with Crippen molar-refractivity contribution in [3.8, 4) is 0 Å². The summed E-state index contributed by atoms with van der Waals surface area (Å²) in [7, 11) is 0. The number of aliphatic hydroxyl groups excluding tert-OH is 3. The molecule has 154 valence electrons. The molecule has 5 atom stereocenters. The number of fused-ring (bicyclic) bond motifs is 1. The van der Waals surface area contributed by atoms with Crippen LogP contribution in [0.1, 0.15) is 26.0 Å². The van der Waals surface area contributed by atoms with Crippen molar-refractivity contribution in [2.75, 3.05) is 25.2 Å². The summed E-state index contributed by atoms with van der Waals surface area (Å²) in [5.41, 5.74) is 3.98. The number of aliphatic hydroxyl groups is 3. The van der Waals surface area contributed by atoms with E-state index < -0.39 is 31.1 Å². The van der Waals surface area contributed by atoms with Crippen molar-refractivity contribution >= 4 is 28.6 Å². The average Bonchev–Trinajstić information content (AvgIpc) is 3.35. The molecule has 3 unspecified atom stereocenters. The maximum Gasteiger partial charge on any atom is 0.226 e. The number of hydrazine groups is 1. The van der Waals surface area contributed by atoms with Gasteiger partial charge in [-0.15, -0.1) is 0 Å². The third kappa shape index (κ3) is 3.43. The van der Waals surface area contributed by atoms with E-state index in [0.29, 0.717) is 23.6 Å². The van der Waals surface area contributed by atoms with Gasteiger partial charge >= 0.3 is 0 Å². The van der Waals surface area contributed by atoms with E-state index >= 15 is 0 Å². The average molecular weight is 415 g/mol. The van der Waals surface area contributed by atoms with Crippen molar-refractivity contribution in [2.24, 2.45) is 0 Å². The molecule has 12 heteroatoms. The number of ether oxygens (including phenoxy) is 2. The Hall–Kier alpha value is -1.60. The van der Waals surface area contributed by atoms with Crippen LogP contribution in [0.3, 0.4) is 0 Å². The van der Waals surface area contributed by atoms with Gasteiger partial charge in [-0.25, -0.2) is 4.98 Å². The zero-order chi connectivity index (χ0) is 19.8. The van der Waals surface area contributed by atoms with E-state index in [9.17, 15) is 15.3 Å². The highest BCUT2D eigenvalue weighted by Crippen LogP contribution is 2.33. The molecule has 0 aliphatic carbocycles. The Morgan fingerprint density at radius 2 is 2.18 bits per heavy atom. The van der Waals surface area contributed by atoms with E-state index in [1.807, 2.05) is 11.9 Å². The van der Waals surface area contributed by atoms with Crippen molar-refractivity contribution < 1.29 is 24.8 Å². The van der Waals surface area contributed by atoms with Gasteiger partial charge in [0.15, 0.2) is 23.2 Å². The van der Waals surface area contributed by atoms with Crippen LogP contribution in [0.2, 0.25) is 5.28 Å². The molecule has 0 saturated carbocycles. The Labute approximate surface area is 165 Å². The normalized spacial score (nSPS) is 31.1. The molecule has 28 heavy (non-hydrogen) atoms. The molecule has 2 aliphatic heterocycles. The molecule has 2 fully saturated rings. The van der Waals surface area contributed by atoms with Crippen molar-refractivity contribution in [1.29, 1.82) is 0 Å². The summed E-state index contributed by atoms with van der Waals surface area (Å²) in [6, 6.07) is 0. The summed E-state index contributed by atoms with van der Waals surface area (Å²) < 4.78 is 12.8. The quantitative estimate of drug-likeness (QED) is 0.473. The number of hydrogen-bond donors (Lipinski definition) is 4. The van der Waals surface area contributed by atoms with Crippen molar-refractivity contribution in [1.82, 2.24) is 24.5 Å². The fraction of sp³-hybridized carbons (Fsp3) is 0.688. The zero-order valence-electron chi connectivity index (χ0n) is 15.3. The number of aromatic nitrogens is 4. The Bertz CT molecular complexity index is 837. The number of halogens is 1. The molecule has 2 aromatic rings. The second-order valence-corrected chi connectivity index (χ2v) is 7.09. The van der Waals surface area contributed by atoms with Crippen LogP contribution in [-0.2, 0) is 9.47 Å². The standard InChI is InChI=1S/C16H23ClN6O5/c1-2-27-9-4-3-5-23(9)21-13-10-14(20-16(17)19-13)22(7-18-10)15-12(26)11(25)8(6-24)28-15/h7-9,11-12,15,24-26H,2-6H2,1H3,(H,19,20,21)/t8-,9?,11?,12?,15-/m1/s1. The fourth-order valence-corrected chi connectivity index (χ4v) is 3.79. The predicted octanol–water partition coefficient (Wildman–Crippen LogP) is -0.124. The lowest BCUT2D eigenvalue weighted by molar-refractivity contribution is -0.0511. The van der Waals surface area contributed by atoms with E-state index in [2.05, 4.69) is 20.4 Å². The monoisotopic (exact) mass is 414 g/mol. The maximum absolute atomic E-state index is 10.3. The number of rotatable bonds is 6. The van der Waals surface area contributed by atoms with Crippen molar-refractivity contribution in [3.63, 3.8) is 0 Å². The summed E-state index contributed by atoms with van der Waals surface area (Å²) >= 11 is 6.12. The highest BCUT2D eigenvalue weighted by Gasteiger charge is 2.44. The molecule has 11 nitrogen and oxygen atoms in total. The number of anilines is 1. The first-order valence-electron chi connectivity index (χ1n) is 9.21. The van der Waals surface area contributed by atoms with E-state index in [0.717, 1.165) is 19.4 Å². The summed E-state index contributed by atoms with van der Waals surface area (Å²) in [4.78, 5) is 12.8. The topological polar surface area (TPSA) is 138 Å². The first-order chi connectivity index (χ1) is 13.5. The molecular formula is C16H23ClN6O5. The van der Waals surface area contributed by atoms with Gasteiger partial charge < -0.3 is 24.8 Å². The second-order valence-electron chi connectivity index (χ2n) is 6.75. The van der Waals surface area contributed by atoms with Gasteiger partial charge in [0.25, 0.3) is 0 Å². The van der Waals surface area contributed by atoms with Crippen LogP contribution in [0, 0.1) is 0 Å². The molecule has 0 bridgehead atoms. The second kappa shape index (κ2) is 8.03. The first-order valence-corrected chi connectivity index (χ1v) is 9.58. The Balaban J connectivity index is 1.66. The molecule has 0 spiro atoms. The Morgan fingerprint density at radius 3 is 2.89 bits per heavy atom. The van der Waals surface area contributed by atoms with E-state index in [1.54, 1.807) is 0 Å². The van der Waals surface area contributed by atoms with Crippen molar-refractivity contribution in [3.05, 3.63) is 11.6 Å². The predicted molar refractivity (Wildman–Crippen MR) is 98.3 cm³/mol. The summed E-state index contributed by atoms with van der Waals surface area (Å²) in [6.07, 6.45) is -1.08. The highest BCUT2D eigenvalue weighted by molar-refractivity contribution is 6.28. The number of hydrogen-bond acceptors (Lipinski definition) is 10. The third-order valence-electron chi connectivity index (χ3n) is 4.99. The smallest absolute Gasteiger partial charge is 0.226 e. The molecule has 0 amide bonds. The molecule has 4 N–H and O–H groups in total. The largest absolute Gasteiger partial charge is 0.394 e. The minimum atomic E-state index is -1.25. The molecule has 2 saturated heterocycles. The van der Waals surface area contributed by atoms with E-state index in [1.165, 1.54) is 10.9 Å². The van der Waals surface area contributed by atoms with Gasteiger partial charge in [0.2, 0.25) is 5.28 Å². The van der Waals surface area contributed by atoms with Crippen LogP contribution in [0.4, 0.5) is 5.82 Å². The van der Waals surface area contributed by atoms with Gasteiger partial charge in [-0.2, -0.15) is 15.0 Å². The molecule has 4 heterocycles. The lowest BCUT2D eigenvalue weighted by atomic mass is 10.1. The van der Waals surface area contributed by atoms with E-state index in [-0.39, 0.29) is 11.5 Å². The Morgan fingerprint density at radius 1 is 1.36 bits per heavy atom. The molecule has 0 aromatic carbocycles. The summed E-state index contributed by atoms with van der Waals surface area (Å²) in [6.45, 7) is 2.91. The van der Waals surface area contributed by atoms with Gasteiger partial charge in [0.05, 0.1) is 12.9 Å². The number of nitrogens with one attached hydrogen (secondary N) is 1. The lowest BCUT2D eigenvalue weighted by Gasteiger charge is -2.25. The van der Waals surface area contributed by atoms with Crippen LogP contribution in [0.15, 0.2) is 6.33 Å². The highest BCUT2D eigenvalue weighted by atomic mass is 35.5. The fourth-order valence-electron chi connectivity index (χ4n) is 3.63. The summed E-state index contributed by atoms with van der Waals surface area (Å²) in [5.74, 6) is 0.409. The van der Waals surface area contributed by atoms with Crippen LogP contribution in [-0.4, -0.2) is 84.1 Å². The number of imidazole rings is 1. The third-order valence-corrected chi connectivity index (χ3v) is 5.16. The van der Waals surface area contributed by atoms with Crippen LogP contribution in [0.5, 0.6) is 0 Å². The number of nitrogens with zero attached hydrogens (tertiary/aromatic N) is 5.